The third-order valence-corrected chi connectivity index (χ3v) is 9.75. The molecule has 0 amide bonds. The molecule has 2 heterocycles. The van der Waals surface area contributed by atoms with Crippen molar-refractivity contribution in [2.75, 3.05) is 0 Å². The molecule has 0 aliphatic rings. The Morgan fingerprint density at radius 2 is 0.804 bits per heavy atom. The fourth-order valence-electron chi connectivity index (χ4n) is 7.07. The average molecular weight is 652 g/mol. The monoisotopic (exact) mass is 651 g/mol. The Bertz CT molecular complexity index is 2900. The minimum Gasteiger partial charge on any atom is -0.456 e. The summed E-state index contributed by atoms with van der Waals surface area (Å²) in [5.41, 5.74) is 9.10. The van der Waals surface area contributed by atoms with E-state index < -0.39 is 0 Å². The van der Waals surface area contributed by atoms with Crippen LogP contribution in [-0.4, -0.2) is 15.0 Å². The first-order valence-electron chi connectivity index (χ1n) is 17.1. The highest BCUT2D eigenvalue weighted by molar-refractivity contribution is 6.06. The first kappa shape index (κ1) is 29.0. The van der Waals surface area contributed by atoms with E-state index in [0.29, 0.717) is 17.5 Å². The second-order valence-corrected chi connectivity index (χ2v) is 12.9. The number of hydrogen-bond acceptors (Lipinski definition) is 4. The first-order valence-corrected chi connectivity index (χ1v) is 17.1. The molecular weight excluding hydrogens is 623 g/mol. The summed E-state index contributed by atoms with van der Waals surface area (Å²) in [7, 11) is 0. The first-order chi connectivity index (χ1) is 25.2. The summed E-state index contributed by atoms with van der Waals surface area (Å²) < 4.78 is 6.17. The Morgan fingerprint density at radius 1 is 0.294 bits per heavy atom. The predicted octanol–water partition coefficient (Wildman–Crippen LogP) is 12.4. The summed E-state index contributed by atoms with van der Waals surface area (Å²) in [6.07, 6.45) is 0. The highest BCUT2D eigenvalue weighted by Gasteiger charge is 2.15. The lowest BCUT2D eigenvalue weighted by atomic mass is 10.00. The van der Waals surface area contributed by atoms with E-state index >= 15 is 0 Å². The second kappa shape index (κ2) is 11.9. The van der Waals surface area contributed by atoms with Gasteiger partial charge in [-0.3, -0.25) is 0 Å². The molecule has 0 saturated heterocycles. The minimum absolute atomic E-state index is 0.626. The van der Waals surface area contributed by atoms with Crippen LogP contribution in [0.2, 0.25) is 0 Å². The number of para-hydroxylation sites is 1. The molecule has 8 aromatic carbocycles. The molecule has 0 unspecified atom stereocenters. The largest absolute Gasteiger partial charge is 0.456 e. The van der Waals surface area contributed by atoms with Gasteiger partial charge >= 0.3 is 0 Å². The number of furan rings is 1. The number of benzene rings is 8. The molecule has 4 nitrogen and oxygen atoms in total. The van der Waals surface area contributed by atoms with E-state index in [4.69, 9.17) is 19.4 Å². The van der Waals surface area contributed by atoms with Crippen LogP contribution in [0.4, 0.5) is 0 Å². The quantitative estimate of drug-likeness (QED) is 0.186. The molecule has 0 atom stereocenters. The summed E-state index contributed by atoms with van der Waals surface area (Å²) in [6.45, 7) is 0. The SMILES string of the molecule is c1ccc2cc(-c3ccc(-c4nc(-c5ccc(-c6ccc7c(c6)oc6ccccc67)cc5)nc(-c5cccc6ccccc56)n4)cc3)ccc2c1. The van der Waals surface area contributed by atoms with Crippen LogP contribution in [0.25, 0.3) is 99.9 Å². The fourth-order valence-corrected chi connectivity index (χ4v) is 7.07. The van der Waals surface area contributed by atoms with E-state index in [2.05, 4.69) is 158 Å². The molecule has 0 radical (unpaired) electrons. The van der Waals surface area contributed by atoms with Crippen molar-refractivity contribution in [1.29, 1.82) is 0 Å². The number of rotatable bonds is 5. The van der Waals surface area contributed by atoms with Gasteiger partial charge in [-0.25, -0.2) is 15.0 Å². The van der Waals surface area contributed by atoms with Crippen LogP contribution in [0.15, 0.2) is 180 Å². The number of hydrogen-bond donors (Lipinski definition) is 0. The highest BCUT2D eigenvalue weighted by Crippen LogP contribution is 2.34. The zero-order valence-corrected chi connectivity index (χ0v) is 27.5. The fraction of sp³-hybridized carbons (Fsp3) is 0. The predicted molar refractivity (Wildman–Crippen MR) is 209 cm³/mol. The van der Waals surface area contributed by atoms with Crippen LogP contribution in [0, 0.1) is 0 Å². The van der Waals surface area contributed by atoms with Gasteiger partial charge in [0.15, 0.2) is 17.5 Å². The molecule has 10 aromatic rings. The van der Waals surface area contributed by atoms with E-state index in [1.54, 1.807) is 0 Å². The second-order valence-electron chi connectivity index (χ2n) is 12.9. The molecule has 4 heteroatoms. The van der Waals surface area contributed by atoms with Crippen LogP contribution >= 0.6 is 0 Å². The van der Waals surface area contributed by atoms with Gasteiger partial charge < -0.3 is 4.42 Å². The van der Waals surface area contributed by atoms with E-state index in [0.717, 1.165) is 66.1 Å². The molecule has 0 spiro atoms. The van der Waals surface area contributed by atoms with Crippen molar-refractivity contribution < 1.29 is 4.42 Å². The Balaban J connectivity index is 1.05. The number of nitrogens with zero attached hydrogens (tertiary/aromatic N) is 3. The normalized spacial score (nSPS) is 11.5. The molecule has 51 heavy (non-hydrogen) atoms. The molecule has 2 aromatic heterocycles. The molecule has 10 rings (SSSR count). The van der Waals surface area contributed by atoms with Gasteiger partial charge in [-0.05, 0) is 68.1 Å². The van der Waals surface area contributed by atoms with Gasteiger partial charge in [0, 0.05) is 27.5 Å². The Hall–Kier alpha value is -6.91. The maximum absolute atomic E-state index is 6.17. The molecule has 0 fully saturated rings. The molecule has 238 valence electrons. The van der Waals surface area contributed by atoms with E-state index in [9.17, 15) is 0 Å². The lowest BCUT2D eigenvalue weighted by Crippen LogP contribution is -2.00. The molecular formula is C47H29N3O. The van der Waals surface area contributed by atoms with Crippen LogP contribution in [0.1, 0.15) is 0 Å². The maximum Gasteiger partial charge on any atom is 0.164 e. The van der Waals surface area contributed by atoms with Gasteiger partial charge in [-0.2, -0.15) is 0 Å². The van der Waals surface area contributed by atoms with Crippen LogP contribution in [0.5, 0.6) is 0 Å². The Kier molecular flexibility index (Phi) is 6.78. The summed E-state index contributed by atoms with van der Waals surface area (Å²) >= 11 is 0. The van der Waals surface area contributed by atoms with Gasteiger partial charge in [-0.15, -0.1) is 0 Å². The van der Waals surface area contributed by atoms with Crippen molar-refractivity contribution in [3.63, 3.8) is 0 Å². The van der Waals surface area contributed by atoms with Crippen molar-refractivity contribution >= 4 is 43.5 Å². The van der Waals surface area contributed by atoms with Crippen LogP contribution in [-0.2, 0) is 0 Å². The molecule has 0 aliphatic carbocycles. The summed E-state index contributed by atoms with van der Waals surface area (Å²) in [4.78, 5) is 15.2. The summed E-state index contributed by atoms with van der Waals surface area (Å²) in [5, 5.41) is 6.95. The van der Waals surface area contributed by atoms with Crippen LogP contribution in [0.3, 0.4) is 0 Å². The molecule has 0 bridgehead atoms. The number of fused-ring (bicyclic) bond motifs is 5. The zero-order chi connectivity index (χ0) is 33.7. The third-order valence-electron chi connectivity index (χ3n) is 9.75. The van der Waals surface area contributed by atoms with Gasteiger partial charge in [0.05, 0.1) is 0 Å². The topological polar surface area (TPSA) is 51.8 Å². The van der Waals surface area contributed by atoms with Gasteiger partial charge in [-0.1, -0.05) is 152 Å². The maximum atomic E-state index is 6.17. The van der Waals surface area contributed by atoms with Crippen molar-refractivity contribution in [3.05, 3.63) is 176 Å². The van der Waals surface area contributed by atoms with E-state index in [1.165, 1.54) is 16.3 Å². The lowest BCUT2D eigenvalue weighted by Gasteiger charge is -2.11. The van der Waals surface area contributed by atoms with Crippen LogP contribution < -0.4 is 0 Å². The van der Waals surface area contributed by atoms with E-state index in [1.807, 2.05) is 18.2 Å². The molecule has 0 N–H and O–H groups in total. The summed E-state index contributed by atoms with van der Waals surface area (Å²) in [5.74, 6) is 1.90. The highest BCUT2D eigenvalue weighted by atomic mass is 16.3. The van der Waals surface area contributed by atoms with Crippen molar-refractivity contribution in [1.82, 2.24) is 15.0 Å². The van der Waals surface area contributed by atoms with Gasteiger partial charge in [0.2, 0.25) is 0 Å². The Morgan fingerprint density at radius 3 is 1.55 bits per heavy atom. The average Bonchev–Trinajstić information content (AvgIpc) is 3.58. The lowest BCUT2D eigenvalue weighted by molar-refractivity contribution is 0.669. The number of aromatic nitrogens is 3. The zero-order valence-electron chi connectivity index (χ0n) is 27.5. The third kappa shape index (κ3) is 5.22. The Labute approximate surface area is 294 Å². The summed E-state index contributed by atoms with van der Waals surface area (Å²) in [6, 6.07) is 61.2. The van der Waals surface area contributed by atoms with Gasteiger partial charge in [0.25, 0.3) is 0 Å². The van der Waals surface area contributed by atoms with Crippen molar-refractivity contribution in [3.8, 4) is 56.4 Å². The molecule has 0 aliphatic heterocycles. The van der Waals surface area contributed by atoms with Crippen molar-refractivity contribution in [2.24, 2.45) is 0 Å². The minimum atomic E-state index is 0.626. The smallest absolute Gasteiger partial charge is 0.164 e. The van der Waals surface area contributed by atoms with Crippen molar-refractivity contribution in [2.45, 2.75) is 0 Å². The van der Waals surface area contributed by atoms with Gasteiger partial charge in [0.1, 0.15) is 11.2 Å². The van der Waals surface area contributed by atoms with E-state index in [-0.39, 0.29) is 0 Å². The standard InChI is InChI=1S/C47H29N3O/c1-2-10-36-28-37(25-20-30(36)8-1)31-16-21-34(22-17-31)45-48-46(50-47(49-45)42-14-7-11-33-9-3-4-12-39(33)42)35-23-18-32(19-24-35)38-26-27-41-40-13-5-6-15-43(40)51-44(41)29-38/h1-29H. The molecule has 0 saturated carbocycles.